The first-order valence-electron chi connectivity index (χ1n) is 7.92. The lowest BCUT2D eigenvalue weighted by atomic mass is 10.1. The van der Waals surface area contributed by atoms with Crippen molar-refractivity contribution in [1.29, 1.82) is 0 Å². The molecule has 0 heterocycles. The van der Waals surface area contributed by atoms with E-state index in [1.807, 2.05) is 0 Å². The second kappa shape index (κ2) is 8.66. The third-order valence-corrected chi connectivity index (χ3v) is 4.85. The Balaban J connectivity index is 1.97. The van der Waals surface area contributed by atoms with E-state index in [1.54, 1.807) is 24.3 Å². The maximum absolute atomic E-state index is 12.9. The molecule has 2 aromatic rings. The Morgan fingerprint density at radius 3 is 2.50 bits per heavy atom. The molecule has 0 unspecified atom stereocenters. The number of ether oxygens (including phenoxy) is 1. The highest BCUT2D eigenvalue weighted by Crippen LogP contribution is 2.22. The van der Waals surface area contributed by atoms with Crippen molar-refractivity contribution in [2.75, 3.05) is 30.8 Å². The summed E-state index contributed by atoms with van der Waals surface area (Å²) in [6.45, 7) is 0.228. The van der Waals surface area contributed by atoms with E-state index in [9.17, 15) is 17.6 Å². The van der Waals surface area contributed by atoms with Crippen LogP contribution in [0.15, 0.2) is 48.5 Å². The summed E-state index contributed by atoms with van der Waals surface area (Å²) in [5.74, 6) is -0.0940. The molecule has 6 nitrogen and oxygen atoms in total. The lowest BCUT2D eigenvalue weighted by molar-refractivity contribution is -0.120. The highest BCUT2D eigenvalue weighted by Gasteiger charge is 2.18. The molecule has 1 amide bonds. The van der Waals surface area contributed by atoms with Crippen LogP contribution >= 0.6 is 0 Å². The third-order valence-electron chi connectivity index (χ3n) is 3.66. The standard InChI is InChI=1S/C18H21FN2O4S/c1-25-17-5-3-4-16(13-17)21(26(2,23)24)11-10-20-18(22)12-14-6-8-15(19)9-7-14/h3-9,13H,10-12H2,1-2H3,(H,20,22). The molecule has 8 heteroatoms. The van der Waals surface area contributed by atoms with Crippen molar-refractivity contribution in [3.63, 3.8) is 0 Å². The topological polar surface area (TPSA) is 75.7 Å². The van der Waals surface area contributed by atoms with E-state index in [0.29, 0.717) is 17.0 Å². The Morgan fingerprint density at radius 2 is 1.88 bits per heavy atom. The molecule has 0 aliphatic rings. The summed E-state index contributed by atoms with van der Waals surface area (Å²) < 4.78 is 43.3. The molecule has 0 aromatic heterocycles. The van der Waals surface area contributed by atoms with Crippen LogP contribution in [0, 0.1) is 5.82 Å². The Bertz CT molecular complexity index is 854. The van der Waals surface area contributed by atoms with Crippen LogP contribution in [-0.2, 0) is 21.2 Å². The number of nitrogens with one attached hydrogen (secondary N) is 1. The van der Waals surface area contributed by atoms with Crippen LogP contribution < -0.4 is 14.4 Å². The lowest BCUT2D eigenvalue weighted by Crippen LogP contribution is -2.38. The number of methoxy groups -OCH3 is 1. The first-order valence-corrected chi connectivity index (χ1v) is 9.77. The molecule has 0 aliphatic heterocycles. The van der Waals surface area contributed by atoms with E-state index >= 15 is 0 Å². The van der Waals surface area contributed by atoms with Gasteiger partial charge in [0.15, 0.2) is 0 Å². The molecule has 1 N–H and O–H groups in total. The molecule has 2 rings (SSSR count). The van der Waals surface area contributed by atoms with Crippen molar-refractivity contribution in [1.82, 2.24) is 5.32 Å². The van der Waals surface area contributed by atoms with Crippen LogP contribution in [-0.4, -0.2) is 40.8 Å². The van der Waals surface area contributed by atoms with Gasteiger partial charge in [-0.3, -0.25) is 9.10 Å². The quantitative estimate of drug-likeness (QED) is 0.760. The Hall–Kier alpha value is -2.61. The molecular formula is C18H21FN2O4S. The van der Waals surface area contributed by atoms with E-state index < -0.39 is 10.0 Å². The van der Waals surface area contributed by atoms with Gasteiger partial charge in [0.2, 0.25) is 15.9 Å². The fourth-order valence-electron chi connectivity index (χ4n) is 2.40. The van der Waals surface area contributed by atoms with Crippen LogP contribution in [0.2, 0.25) is 0 Å². The third kappa shape index (κ3) is 5.73. The smallest absolute Gasteiger partial charge is 0.232 e. The van der Waals surface area contributed by atoms with E-state index in [1.165, 1.54) is 35.7 Å². The number of amides is 1. The predicted molar refractivity (Wildman–Crippen MR) is 98.3 cm³/mol. The number of sulfonamides is 1. The van der Waals surface area contributed by atoms with Crippen molar-refractivity contribution in [3.8, 4) is 5.75 Å². The minimum absolute atomic E-state index is 0.0845. The largest absolute Gasteiger partial charge is 0.497 e. The first-order chi connectivity index (χ1) is 12.3. The summed E-state index contributed by atoms with van der Waals surface area (Å²) in [6, 6.07) is 12.3. The normalized spacial score (nSPS) is 11.0. The van der Waals surface area contributed by atoms with E-state index in [-0.39, 0.29) is 31.2 Å². The molecule has 0 atom stereocenters. The molecule has 0 bridgehead atoms. The van der Waals surface area contributed by atoms with Crippen molar-refractivity contribution < 1.29 is 22.3 Å². The van der Waals surface area contributed by atoms with Crippen LogP contribution in [0.4, 0.5) is 10.1 Å². The van der Waals surface area contributed by atoms with Crippen molar-refractivity contribution in [3.05, 3.63) is 59.9 Å². The summed E-state index contributed by atoms with van der Waals surface area (Å²) in [6.07, 6.45) is 1.20. The average molecular weight is 380 g/mol. The number of hydrogen-bond acceptors (Lipinski definition) is 4. The minimum Gasteiger partial charge on any atom is -0.497 e. The number of benzene rings is 2. The molecular weight excluding hydrogens is 359 g/mol. The highest BCUT2D eigenvalue weighted by molar-refractivity contribution is 7.92. The van der Waals surface area contributed by atoms with Gasteiger partial charge in [-0.2, -0.15) is 0 Å². The Labute approximate surface area is 152 Å². The Kier molecular flexibility index (Phi) is 6.57. The number of carbonyl (C=O) groups is 1. The summed E-state index contributed by atoms with van der Waals surface area (Å²) in [5, 5.41) is 2.68. The van der Waals surface area contributed by atoms with Gasteiger partial charge in [0.05, 0.1) is 32.0 Å². The van der Waals surface area contributed by atoms with Gasteiger partial charge in [0, 0.05) is 12.6 Å². The molecule has 140 valence electrons. The van der Waals surface area contributed by atoms with Gasteiger partial charge in [-0.05, 0) is 29.8 Å². The maximum atomic E-state index is 12.9. The fraction of sp³-hybridized carbons (Fsp3) is 0.278. The summed E-state index contributed by atoms with van der Waals surface area (Å²) in [7, 11) is -2.02. The zero-order chi connectivity index (χ0) is 19.2. The maximum Gasteiger partial charge on any atom is 0.232 e. The number of halogens is 1. The first kappa shape index (κ1) is 19.7. The SMILES string of the molecule is COc1cccc(N(CCNC(=O)Cc2ccc(F)cc2)S(C)(=O)=O)c1. The molecule has 0 radical (unpaired) electrons. The molecule has 26 heavy (non-hydrogen) atoms. The molecule has 0 saturated heterocycles. The summed E-state index contributed by atoms with van der Waals surface area (Å²) >= 11 is 0. The van der Waals surface area contributed by atoms with Crippen LogP contribution in [0.5, 0.6) is 5.75 Å². The van der Waals surface area contributed by atoms with Gasteiger partial charge in [0.1, 0.15) is 11.6 Å². The highest BCUT2D eigenvalue weighted by atomic mass is 32.2. The zero-order valence-electron chi connectivity index (χ0n) is 14.6. The van der Waals surface area contributed by atoms with E-state index in [0.717, 1.165) is 6.26 Å². The van der Waals surface area contributed by atoms with Crippen LogP contribution in [0.25, 0.3) is 0 Å². The summed E-state index contributed by atoms with van der Waals surface area (Å²) in [4.78, 5) is 12.0. The van der Waals surface area contributed by atoms with Gasteiger partial charge in [-0.15, -0.1) is 0 Å². The lowest BCUT2D eigenvalue weighted by Gasteiger charge is -2.23. The number of nitrogens with zero attached hydrogens (tertiary/aromatic N) is 1. The van der Waals surface area contributed by atoms with Crippen molar-refractivity contribution >= 4 is 21.6 Å². The molecule has 0 saturated carbocycles. The molecule has 0 spiro atoms. The molecule has 0 fully saturated rings. The van der Waals surface area contributed by atoms with Gasteiger partial charge >= 0.3 is 0 Å². The monoisotopic (exact) mass is 380 g/mol. The number of carbonyl (C=O) groups excluding carboxylic acids is 1. The van der Waals surface area contributed by atoms with E-state index in [2.05, 4.69) is 5.32 Å². The van der Waals surface area contributed by atoms with E-state index in [4.69, 9.17) is 4.74 Å². The van der Waals surface area contributed by atoms with Gasteiger partial charge < -0.3 is 10.1 Å². The van der Waals surface area contributed by atoms with Gasteiger partial charge in [0.25, 0.3) is 0 Å². The predicted octanol–water partition coefficient (Wildman–Crippen LogP) is 1.96. The second-order valence-corrected chi connectivity index (χ2v) is 7.60. The Morgan fingerprint density at radius 1 is 1.19 bits per heavy atom. The zero-order valence-corrected chi connectivity index (χ0v) is 15.4. The number of anilines is 1. The van der Waals surface area contributed by atoms with Gasteiger partial charge in [-0.25, -0.2) is 12.8 Å². The van der Waals surface area contributed by atoms with Crippen LogP contribution in [0.1, 0.15) is 5.56 Å². The summed E-state index contributed by atoms with van der Waals surface area (Å²) in [5.41, 5.74) is 1.14. The second-order valence-electron chi connectivity index (χ2n) is 5.69. The van der Waals surface area contributed by atoms with Gasteiger partial charge in [-0.1, -0.05) is 18.2 Å². The number of rotatable bonds is 8. The molecule has 0 aliphatic carbocycles. The fourth-order valence-corrected chi connectivity index (χ4v) is 3.32. The van der Waals surface area contributed by atoms with Crippen molar-refractivity contribution in [2.24, 2.45) is 0 Å². The number of hydrogen-bond donors (Lipinski definition) is 1. The molecule has 2 aromatic carbocycles. The van der Waals surface area contributed by atoms with Crippen molar-refractivity contribution in [2.45, 2.75) is 6.42 Å². The average Bonchev–Trinajstić information content (AvgIpc) is 2.59. The minimum atomic E-state index is -3.52. The van der Waals surface area contributed by atoms with Crippen LogP contribution in [0.3, 0.4) is 0 Å².